The van der Waals surface area contributed by atoms with E-state index in [1.807, 2.05) is 18.2 Å². The molecule has 0 aliphatic heterocycles. The van der Waals surface area contributed by atoms with Crippen LogP contribution in [0.1, 0.15) is 52.2 Å². The van der Waals surface area contributed by atoms with Crippen LogP contribution in [0.2, 0.25) is 0 Å². The highest BCUT2D eigenvalue weighted by Crippen LogP contribution is 2.29. The lowest BCUT2D eigenvalue weighted by Gasteiger charge is -2.33. The van der Waals surface area contributed by atoms with Gasteiger partial charge in [-0.15, -0.1) is 12.4 Å². The zero-order valence-electron chi connectivity index (χ0n) is 16.7. The van der Waals surface area contributed by atoms with E-state index in [9.17, 15) is 4.39 Å². The molecule has 2 rings (SSSR count). The first kappa shape index (κ1) is 23.9. The molecule has 0 atom stereocenters. The van der Waals surface area contributed by atoms with Gasteiger partial charge in [-0.05, 0) is 49.9 Å². The van der Waals surface area contributed by atoms with Crippen LogP contribution < -0.4 is 10.1 Å². The molecule has 2 nitrogen and oxygen atoms in total. The maximum absolute atomic E-state index is 13.8. The van der Waals surface area contributed by atoms with E-state index in [0.29, 0.717) is 12.1 Å². The highest BCUT2D eigenvalue weighted by Gasteiger charge is 2.25. The van der Waals surface area contributed by atoms with Crippen LogP contribution in [0.4, 0.5) is 4.39 Å². The molecule has 0 aliphatic carbocycles. The van der Waals surface area contributed by atoms with E-state index in [1.165, 1.54) is 6.07 Å². The number of halogens is 3. The summed E-state index contributed by atoms with van der Waals surface area (Å²) in [5.74, 6) is 0.533. The van der Waals surface area contributed by atoms with Gasteiger partial charge < -0.3 is 10.1 Å². The lowest BCUT2D eigenvalue weighted by atomic mass is 9.82. The van der Waals surface area contributed by atoms with Gasteiger partial charge in [0.1, 0.15) is 18.2 Å². The Bertz CT molecular complexity index is 743. The molecule has 0 aliphatic rings. The van der Waals surface area contributed by atoms with Gasteiger partial charge in [-0.3, -0.25) is 0 Å². The zero-order chi connectivity index (χ0) is 19.4. The molecule has 0 saturated heterocycles. The average Bonchev–Trinajstić information content (AvgIpc) is 2.51. The maximum Gasteiger partial charge on any atom is 0.129 e. The van der Waals surface area contributed by atoms with Crippen molar-refractivity contribution in [2.75, 3.05) is 0 Å². The summed E-state index contributed by atoms with van der Waals surface area (Å²) in [7, 11) is 0. The van der Waals surface area contributed by atoms with Crippen molar-refractivity contribution in [1.82, 2.24) is 5.32 Å². The molecule has 5 heteroatoms. The second kappa shape index (κ2) is 9.90. The van der Waals surface area contributed by atoms with Crippen molar-refractivity contribution in [3.05, 3.63) is 63.9 Å². The molecule has 27 heavy (non-hydrogen) atoms. The van der Waals surface area contributed by atoms with E-state index in [0.717, 1.165) is 22.2 Å². The van der Waals surface area contributed by atoms with E-state index < -0.39 is 0 Å². The number of rotatable bonds is 7. The van der Waals surface area contributed by atoms with Crippen LogP contribution in [-0.2, 0) is 13.2 Å². The number of hydrogen-bond donors (Lipinski definition) is 1. The van der Waals surface area contributed by atoms with Gasteiger partial charge in [0, 0.05) is 27.7 Å². The molecule has 2 aromatic rings. The monoisotopic (exact) mass is 457 g/mol. The Balaban J connectivity index is 0.00000364. The second-order valence-electron chi connectivity index (χ2n) is 8.61. The van der Waals surface area contributed by atoms with Crippen molar-refractivity contribution in [3.8, 4) is 5.75 Å². The van der Waals surface area contributed by atoms with Crippen LogP contribution in [0.5, 0.6) is 5.75 Å². The highest BCUT2D eigenvalue weighted by atomic mass is 79.9. The quantitative estimate of drug-likeness (QED) is 0.487. The van der Waals surface area contributed by atoms with E-state index in [1.54, 1.807) is 12.1 Å². The first-order valence-electron chi connectivity index (χ1n) is 8.95. The molecule has 150 valence electrons. The SMILES string of the molecule is CC(C)(C)CC(C)(C)NCc1cc(Br)ccc1OCc1ccccc1F.Cl. The minimum atomic E-state index is -0.240. The Morgan fingerprint density at radius 2 is 1.67 bits per heavy atom. The fourth-order valence-corrected chi connectivity index (χ4v) is 3.73. The third kappa shape index (κ3) is 8.20. The highest BCUT2D eigenvalue weighted by molar-refractivity contribution is 9.10. The van der Waals surface area contributed by atoms with Gasteiger partial charge in [-0.2, -0.15) is 0 Å². The summed E-state index contributed by atoms with van der Waals surface area (Å²) in [4.78, 5) is 0. The van der Waals surface area contributed by atoms with Crippen molar-refractivity contribution >= 4 is 28.3 Å². The van der Waals surface area contributed by atoms with Gasteiger partial charge in [0.15, 0.2) is 0 Å². The van der Waals surface area contributed by atoms with Gasteiger partial charge in [0.2, 0.25) is 0 Å². The maximum atomic E-state index is 13.8. The van der Waals surface area contributed by atoms with Gasteiger partial charge in [-0.25, -0.2) is 4.39 Å². The molecule has 0 radical (unpaired) electrons. The van der Waals surface area contributed by atoms with Crippen LogP contribution in [0, 0.1) is 11.2 Å². The molecule has 1 N–H and O–H groups in total. The number of benzene rings is 2. The van der Waals surface area contributed by atoms with Crippen LogP contribution in [0.25, 0.3) is 0 Å². The standard InChI is InChI=1S/C22H29BrFNO.ClH/c1-21(2,3)15-22(4,5)25-13-17-12-18(23)10-11-20(17)26-14-16-8-6-7-9-19(16)24;/h6-12,25H,13-15H2,1-5H3;1H. The van der Waals surface area contributed by atoms with Crippen LogP contribution in [0.15, 0.2) is 46.9 Å². The number of hydrogen-bond acceptors (Lipinski definition) is 2. The summed E-state index contributed by atoms with van der Waals surface area (Å²) in [5.41, 5.74) is 1.86. The fourth-order valence-electron chi connectivity index (χ4n) is 3.32. The van der Waals surface area contributed by atoms with Crippen molar-refractivity contribution in [3.63, 3.8) is 0 Å². The Morgan fingerprint density at radius 1 is 1.00 bits per heavy atom. The lowest BCUT2D eigenvalue weighted by molar-refractivity contribution is 0.238. The molecule has 0 unspecified atom stereocenters. The third-order valence-electron chi connectivity index (χ3n) is 4.09. The molecule has 2 aromatic carbocycles. The number of ether oxygens (including phenoxy) is 1. The van der Waals surface area contributed by atoms with Crippen molar-refractivity contribution < 1.29 is 9.13 Å². The third-order valence-corrected chi connectivity index (χ3v) is 4.59. The minimum Gasteiger partial charge on any atom is -0.488 e. The molecule has 0 heterocycles. The Hall–Kier alpha value is -1.10. The van der Waals surface area contributed by atoms with Crippen LogP contribution in [-0.4, -0.2) is 5.54 Å². The average molecular weight is 459 g/mol. The molecule has 0 spiro atoms. The summed E-state index contributed by atoms with van der Waals surface area (Å²) in [5, 5.41) is 3.63. The first-order chi connectivity index (χ1) is 12.1. The predicted molar refractivity (Wildman–Crippen MR) is 117 cm³/mol. The minimum absolute atomic E-state index is 0. The van der Waals surface area contributed by atoms with E-state index >= 15 is 0 Å². The molecule has 0 aromatic heterocycles. The molecular formula is C22H30BrClFNO. The Morgan fingerprint density at radius 3 is 2.30 bits per heavy atom. The van der Waals surface area contributed by atoms with Gasteiger partial charge in [0.05, 0.1) is 0 Å². The summed E-state index contributed by atoms with van der Waals surface area (Å²) in [6.45, 7) is 12.1. The Labute approximate surface area is 177 Å². The van der Waals surface area contributed by atoms with Crippen molar-refractivity contribution in [1.29, 1.82) is 0 Å². The first-order valence-corrected chi connectivity index (χ1v) is 9.75. The predicted octanol–water partition coefficient (Wildman–Crippen LogP) is 6.89. The van der Waals surface area contributed by atoms with Gasteiger partial charge >= 0.3 is 0 Å². The van der Waals surface area contributed by atoms with E-state index in [4.69, 9.17) is 4.74 Å². The van der Waals surface area contributed by atoms with Crippen molar-refractivity contribution in [2.24, 2.45) is 5.41 Å². The normalized spacial score (nSPS) is 11.8. The molecule has 0 fully saturated rings. The summed E-state index contributed by atoms with van der Waals surface area (Å²) < 4.78 is 20.7. The molecule has 0 amide bonds. The topological polar surface area (TPSA) is 21.3 Å². The van der Waals surface area contributed by atoms with Crippen LogP contribution >= 0.6 is 28.3 Å². The summed E-state index contributed by atoms with van der Waals surface area (Å²) in [6.07, 6.45) is 1.05. The largest absolute Gasteiger partial charge is 0.488 e. The van der Waals surface area contributed by atoms with Crippen LogP contribution in [0.3, 0.4) is 0 Å². The Kier molecular flexibility index (Phi) is 8.78. The molecule has 0 bridgehead atoms. The molecular weight excluding hydrogens is 429 g/mol. The van der Waals surface area contributed by atoms with E-state index in [-0.39, 0.29) is 35.8 Å². The lowest BCUT2D eigenvalue weighted by Crippen LogP contribution is -2.41. The summed E-state index contributed by atoms with van der Waals surface area (Å²) in [6, 6.07) is 12.6. The zero-order valence-corrected chi connectivity index (χ0v) is 19.1. The van der Waals surface area contributed by atoms with Crippen molar-refractivity contribution in [2.45, 2.75) is 59.7 Å². The fraction of sp³-hybridized carbons (Fsp3) is 0.455. The van der Waals surface area contributed by atoms with Gasteiger partial charge in [0.25, 0.3) is 0 Å². The molecule has 0 saturated carbocycles. The van der Waals surface area contributed by atoms with Gasteiger partial charge in [-0.1, -0.05) is 54.9 Å². The number of nitrogens with one attached hydrogen (secondary N) is 1. The van der Waals surface area contributed by atoms with E-state index in [2.05, 4.69) is 61.9 Å². The second-order valence-corrected chi connectivity index (χ2v) is 9.52. The smallest absolute Gasteiger partial charge is 0.129 e. The summed E-state index contributed by atoms with van der Waals surface area (Å²) >= 11 is 3.53.